The Morgan fingerprint density at radius 3 is 2.57 bits per heavy atom. The van der Waals surface area contributed by atoms with Crippen LogP contribution in [0, 0.1) is 0 Å². The first-order valence-electron chi connectivity index (χ1n) is 9.00. The zero-order chi connectivity index (χ0) is 20.5. The molecule has 0 unspecified atom stereocenters. The summed E-state index contributed by atoms with van der Waals surface area (Å²) < 4.78 is 17.9. The van der Waals surface area contributed by atoms with E-state index in [1.165, 1.54) is 4.90 Å². The number of Topliss-reactive ketones (excluding diaryl/α,β-unsaturated/α-hetero) is 1. The minimum Gasteiger partial charge on any atom is -0.481 e. The average Bonchev–Trinajstić information content (AvgIpc) is 2.71. The van der Waals surface area contributed by atoms with Gasteiger partial charge < -0.3 is 15.2 Å². The number of alkyl halides is 1. The Kier molecular flexibility index (Phi) is 7.91. The number of benzene rings is 1. The Hall–Kier alpha value is -2.97. The monoisotopic (exact) mass is 394 g/mol. The number of ether oxygens (including phenoxy) is 1. The summed E-state index contributed by atoms with van der Waals surface area (Å²) in [6, 6.07) is 6.68. The van der Waals surface area contributed by atoms with Crippen LogP contribution in [0.4, 0.5) is 9.18 Å². The van der Waals surface area contributed by atoms with Gasteiger partial charge in [-0.05, 0) is 24.8 Å². The minimum atomic E-state index is -1.47. The van der Waals surface area contributed by atoms with E-state index >= 15 is 0 Å². The van der Waals surface area contributed by atoms with Crippen LogP contribution in [0.2, 0.25) is 0 Å². The number of nitrogens with one attached hydrogen (secondary N) is 1. The predicted molar refractivity (Wildman–Crippen MR) is 96.1 cm³/mol. The molecule has 0 saturated carbocycles. The van der Waals surface area contributed by atoms with E-state index in [4.69, 9.17) is 9.84 Å². The molecule has 2 rings (SSSR count). The van der Waals surface area contributed by atoms with Gasteiger partial charge in [-0.25, -0.2) is 9.18 Å². The van der Waals surface area contributed by atoms with Crippen molar-refractivity contribution in [3.63, 3.8) is 0 Å². The molecular weight excluding hydrogens is 371 g/mol. The number of rotatable bonds is 8. The van der Waals surface area contributed by atoms with Crippen LogP contribution in [0.3, 0.4) is 0 Å². The van der Waals surface area contributed by atoms with Gasteiger partial charge in [-0.1, -0.05) is 30.3 Å². The normalized spacial score (nSPS) is 17.5. The highest BCUT2D eigenvalue weighted by Gasteiger charge is 2.35. The smallest absolute Gasteiger partial charge is 0.410 e. The number of carboxylic acids is 1. The van der Waals surface area contributed by atoms with Crippen LogP contribution >= 0.6 is 0 Å². The molecule has 9 heteroatoms. The van der Waals surface area contributed by atoms with Crippen molar-refractivity contribution in [2.45, 2.75) is 44.4 Å². The lowest BCUT2D eigenvalue weighted by Crippen LogP contribution is -2.55. The molecule has 8 nitrogen and oxygen atoms in total. The highest BCUT2D eigenvalue weighted by molar-refractivity contribution is 5.94. The maximum Gasteiger partial charge on any atom is 0.410 e. The Bertz CT molecular complexity index is 712. The molecule has 1 aliphatic heterocycles. The summed E-state index contributed by atoms with van der Waals surface area (Å²) in [5, 5.41) is 11.1. The maximum absolute atomic E-state index is 12.7. The van der Waals surface area contributed by atoms with E-state index in [1.54, 1.807) is 12.1 Å². The number of carbonyl (C=O) groups excluding carboxylic acids is 3. The van der Waals surface area contributed by atoms with Crippen molar-refractivity contribution in [3.05, 3.63) is 35.9 Å². The van der Waals surface area contributed by atoms with Crippen LogP contribution in [-0.4, -0.2) is 59.1 Å². The summed E-state index contributed by atoms with van der Waals surface area (Å²) in [6.45, 7) is -1.04. The van der Waals surface area contributed by atoms with Crippen molar-refractivity contribution in [2.24, 2.45) is 0 Å². The lowest BCUT2D eigenvalue weighted by atomic mass is 10.0. The standard InChI is InChI=1S/C19H23FN2O6/c20-11-16(23)14(10-17(24)25)21-18(26)15-8-4-5-9-22(15)19(27)28-12-13-6-2-1-3-7-13/h1-3,6-7,14-15H,4-5,8-12H2,(H,21,26)(H,24,25)/t14-,15-/m0/s1. The average molecular weight is 394 g/mol. The molecule has 1 aromatic carbocycles. The molecule has 2 amide bonds. The van der Waals surface area contributed by atoms with E-state index in [0.717, 1.165) is 5.56 Å². The number of hydrogen-bond donors (Lipinski definition) is 2. The van der Waals surface area contributed by atoms with Crippen LogP contribution in [0.25, 0.3) is 0 Å². The highest BCUT2D eigenvalue weighted by Crippen LogP contribution is 2.19. The Labute approximate surface area is 161 Å². The zero-order valence-corrected chi connectivity index (χ0v) is 15.3. The number of aliphatic carboxylic acids is 1. The molecule has 1 fully saturated rings. The third-order valence-electron chi connectivity index (χ3n) is 4.46. The number of piperidine rings is 1. The lowest BCUT2D eigenvalue weighted by Gasteiger charge is -2.34. The molecule has 0 aromatic heterocycles. The first-order valence-corrected chi connectivity index (χ1v) is 9.00. The fraction of sp³-hybridized carbons (Fsp3) is 0.474. The van der Waals surface area contributed by atoms with Crippen molar-refractivity contribution in [2.75, 3.05) is 13.2 Å². The maximum atomic E-state index is 12.7. The number of likely N-dealkylation sites (tertiary alicyclic amines) is 1. The summed E-state index contributed by atoms with van der Waals surface area (Å²) in [4.78, 5) is 48.7. The van der Waals surface area contributed by atoms with Gasteiger partial charge in [0.1, 0.15) is 25.4 Å². The molecule has 0 spiro atoms. The summed E-state index contributed by atoms with van der Waals surface area (Å²) in [5.74, 6) is -3.05. The molecule has 0 bridgehead atoms. The molecule has 28 heavy (non-hydrogen) atoms. The van der Waals surface area contributed by atoms with Crippen LogP contribution < -0.4 is 5.32 Å². The molecule has 0 aliphatic carbocycles. The van der Waals surface area contributed by atoms with E-state index in [-0.39, 0.29) is 6.61 Å². The Balaban J connectivity index is 2.01. The fourth-order valence-corrected chi connectivity index (χ4v) is 3.01. The summed E-state index contributed by atoms with van der Waals surface area (Å²) in [6.07, 6.45) is 0.318. The first kappa shape index (κ1) is 21.3. The van der Waals surface area contributed by atoms with Gasteiger partial charge in [0.05, 0.1) is 6.42 Å². The van der Waals surface area contributed by atoms with E-state index in [9.17, 15) is 23.6 Å². The van der Waals surface area contributed by atoms with E-state index in [0.29, 0.717) is 25.8 Å². The van der Waals surface area contributed by atoms with Crippen LogP contribution in [0.5, 0.6) is 0 Å². The Morgan fingerprint density at radius 2 is 1.93 bits per heavy atom. The van der Waals surface area contributed by atoms with E-state index in [1.807, 2.05) is 18.2 Å². The van der Waals surface area contributed by atoms with Crippen LogP contribution in [-0.2, 0) is 25.7 Å². The van der Waals surface area contributed by atoms with Gasteiger partial charge in [0.2, 0.25) is 5.91 Å². The van der Waals surface area contributed by atoms with Gasteiger partial charge in [0.15, 0.2) is 5.78 Å². The molecule has 2 N–H and O–H groups in total. The number of hydrogen-bond acceptors (Lipinski definition) is 5. The predicted octanol–water partition coefficient (Wildman–Crippen LogP) is 1.68. The zero-order valence-electron chi connectivity index (χ0n) is 15.3. The fourth-order valence-electron chi connectivity index (χ4n) is 3.01. The van der Waals surface area contributed by atoms with Gasteiger partial charge in [0.25, 0.3) is 0 Å². The number of carboxylic acid groups (broad SMARTS) is 1. The van der Waals surface area contributed by atoms with Gasteiger partial charge in [-0.2, -0.15) is 0 Å². The molecule has 2 atom stereocenters. The number of ketones is 1. The van der Waals surface area contributed by atoms with Crippen molar-refractivity contribution in [3.8, 4) is 0 Å². The number of halogens is 1. The Morgan fingerprint density at radius 1 is 1.21 bits per heavy atom. The molecule has 0 radical (unpaired) electrons. The van der Waals surface area contributed by atoms with Crippen molar-refractivity contribution >= 4 is 23.8 Å². The quantitative estimate of drug-likeness (QED) is 0.694. The van der Waals surface area contributed by atoms with E-state index in [2.05, 4.69) is 5.32 Å². The highest BCUT2D eigenvalue weighted by atomic mass is 19.1. The second-order valence-corrected chi connectivity index (χ2v) is 6.50. The second kappa shape index (κ2) is 10.4. The van der Waals surface area contributed by atoms with E-state index < -0.39 is 48.9 Å². The SMILES string of the molecule is O=C(O)C[C@H](NC(=O)[C@@H]1CCCCN1C(=O)OCc1ccccc1)C(=O)CF. The first-order chi connectivity index (χ1) is 13.4. The number of carbonyl (C=O) groups is 4. The molecule has 1 saturated heterocycles. The third kappa shape index (κ3) is 6.04. The van der Waals surface area contributed by atoms with Crippen molar-refractivity contribution in [1.29, 1.82) is 0 Å². The summed E-state index contributed by atoms with van der Waals surface area (Å²) >= 11 is 0. The molecule has 1 aliphatic rings. The molecule has 1 heterocycles. The minimum absolute atomic E-state index is 0.0481. The van der Waals surface area contributed by atoms with Crippen molar-refractivity contribution < 1.29 is 33.4 Å². The second-order valence-electron chi connectivity index (χ2n) is 6.50. The van der Waals surface area contributed by atoms with Crippen LogP contribution in [0.15, 0.2) is 30.3 Å². The molecule has 152 valence electrons. The van der Waals surface area contributed by atoms with Crippen LogP contribution in [0.1, 0.15) is 31.2 Å². The molecular formula is C19H23FN2O6. The van der Waals surface area contributed by atoms with Gasteiger partial charge in [-0.15, -0.1) is 0 Å². The van der Waals surface area contributed by atoms with Gasteiger partial charge >= 0.3 is 12.1 Å². The summed E-state index contributed by atoms with van der Waals surface area (Å²) in [7, 11) is 0. The topological polar surface area (TPSA) is 113 Å². The van der Waals surface area contributed by atoms with Crippen molar-refractivity contribution in [1.82, 2.24) is 10.2 Å². The third-order valence-corrected chi connectivity index (χ3v) is 4.46. The van der Waals surface area contributed by atoms with Gasteiger partial charge in [0, 0.05) is 6.54 Å². The molecule has 1 aromatic rings. The largest absolute Gasteiger partial charge is 0.481 e. The lowest BCUT2D eigenvalue weighted by molar-refractivity contribution is -0.140. The summed E-state index contributed by atoms with van der Waals surface area (Å²) in [5.41, 5.74) is 0.795. The number of nitrogens with zero attached hydrogens (tertiary/aromatic N) is 1. The number of amides is 2. The van der Waals surface area contributed by atoms with Gasteiger partial charge in [-0.3, -0.25) is 19.3 Å².